The van der Waals surface area contributed by atoms with Gasteiger partial charge in [-0.1, -0.05) is 26.2 Å². The smallest absolute Gasteiger partial charge is 0.0900 e. The topological polar surface area (TPSA) is 32.7 Å². The second-order valence-electron chi connectivity index (χ2n) is 6.25. The average molecular weight is 255 g/mol. The van der Waals surface area contributed by atoms with Gasteiger partial charge in [-0.05, 0) is 38.1 Å². The van der Waals surface area contributed by atoms with Crippen molar-refractivity contribution in [1.29, 1.82) is 0 Å². The Labute approximate surface area is 112 Å². The summed E-state index contributed by atoms with van der Waals surface area (Å²) in [5, 5.41) is 10.1. The number of likely N-dealkylation sites (tertiary alicyclic amines) is 1. The molecule has 2 rings (SSSR count). The molecule has 0 radical (unpaired) electrons. The minimum Gasteiger partial charge on any atom is -0.389 e. The van der Waals surface area contributed by atoms with Crippen LogP contribution in [0.5, 0.6) is 0 Å². The maximum atomic E-state index is 10.1. The maximum Gasteiger partial charge on any atom is 0.0900 e. The van der Waals surface area contributed by atoms with Crippen LogP contribution in [0.1, 0.15) is 51.9 Å². The number of rotatable bonds is 5. The third kappa shape index (κ3) is 4.87. The molecule has 2 unspecified atom stereocenters. The predicted molar refractivity (Wildman–Crippen MR) is 73.7 cm³/mol. The highest BCUT2D eigenvalue weighted by Crippen LogP contribution is 2.20. The minimum atomic E-state index is -0.308. The molecular weight excluding hydrogens is 226 g/mol. The summed E-state index contributed by atoms with van der Waals surface area (Å²) in [6.45, 7) is 5.90. The van der Waals surface area contributed by atoms with E-state index in [1.807, 2.05) is 0 Å². The van der Waals surface area contributed by atoms with E-state index in [0.29, 0.717) is 12.7 Å². The second-order valence-corrected chi connectivity index (χ2v) is 6.25. The van der Waals surface area contributed by atoms with Crippen molar-refractivity contribution in [3.8, 4) is 0 Å². The monoisotopic (exact) mass is 255 g/mol. The minimum absolute atomic E-state index is 0.308. The van der Waals surface area contributed by atoms with Gasteiger partial charge in [0.2, 0.25) is 0 Å². The summed E-state index contributed by atoms with van der Waals surface area (Å²) in [4.78, 5) is 2.39. The molecule has 106 valence electrons. The van der Waals surface area contributed by atoms with E-state index in [4.69, 9.17) is 4.74 Å². The molecule has 18 heavy (non-hydrogen) atoms. The van der Waals surface area contributed by atoms with Gasteiger partial charge in [0, 0.05) is 13.1 Å². The number of β-amino-alcohol motifs (C(OH)–C–C–N with tert-alkyl or cyclic N) is 1. The number of piperidine rings is 1. The zero-order valence-corrected chi connectivity index (χ0v) is 11.8. The van der Waals surface area contributed by atoms with Gasteiger partial charge in [-0.15, -0.1) is 0 Å². The molecule has 2 aliphatic rings. The van der Waals surface area contributed by atoms with Crippen molar-refractivity contribution in [3.05, 3.63) is 0 Å². The summed E-state index contributed by atoms with van der Waals surface area (Å²) < 4.78 is 5.84. The molecule has 1 saturated carbocycles. The van der Waals surface area contributed by atoms with Crippen LogP contribution in [-0.2, 0) is 4.74 Å². The lowest BCUT2D eigenvalue weighted by atomic mass is 9.98. The predicted octanol–water partition coefficient (Wildman–Crippen LogP) is 2.43. The third-order valence-corrected chi connectivity index (χ3v) is 4.29. The van der Waals surface area contributed by atoms with Crippen LogP contribution in [0.15, 0.2) is 0 Å². The number of hydrogen-bond donors (Lipinski definition) is 1. The largest absolute Gasteiger partial charge is 0.389 e. The molecule has 1 saturated heterocycles. The highest BCUT2D eigenvalue weighted by Gasteiger charge is 2.20. The standard InChI is InChI=1S/C15H29NO2/c1-13-6-5-9-16(10-13)11-14(17)12-18-15-7-3-2-4-8-15/h13-15,17H,2-12H2,1H3. The van der Waals surface area contributed by atoms with E-state index >= 15 is 0 Å². The van der Waals surface area contributed by atoms with Crippen LogP contribution >= 0.6 is 0 Å². The van der Waals surface area contributed by atoms with Crippen molar-refractivity contribution in [3.63, 3.8) is 0 Å². The van der Waals surface area contributed by atoms with Gasteiger partial charge >= 0.3 is 0 Å². The second kappa shape index (κ2) is 7.46. The van der Waals surface area contributed by atoms with E-state index in [0.717, 1.165) is 25.6 Å². The van der Waals surface area contributed by atoms with Gasteiger partial charge in [0.05, 0.1) is 18.8 Å². The normalized spacial score (nSPS) is 29.3. The Hall–Kier alpha value is -0.120. The summed E-state index contributed by atoms with van der Waals surface area (Å²) >= 11 is 0. The van der Waals surface area contributed by atoms with Crippen LogP contribution in [0, 0.1) is 5.92 Å². The van der Waals surface area contributed by atoms with Crippen LogP contribution in [-0.4, -0.2) is 48.5 Å². The summed E-state index contributed by atoms with van der Waals surface area (Å²) in [7, 11) is 0. The molecule has 2 atom stereocenters. The quantitative estimate of drug-likeness (QED) is 0.819. The highest BCUT2D eigenvalue weighted by molar-refractivity contribution is 4.73. The van der Waals surface area contributed by atoms with Crippen molar-refractivity contribution in [2.45, 2.75) is 64.1 Å². The van der Waals surface area contributed by atoms with Crippen LogP contribution in [0.3, 0.4) is 0 Å². The lowest BCUT2D eigenvalue weighted by Gasteiger charge is -2.32. The Morgan fingerprint density at radius 2 is 1.94 bits per heavy atom. The fourth-order valence-electron chi connectivity index (χ4n) is 3.28. The Morgan fingerprint density at radius 1 is 1.17 bits per heavy atom. The van der Waals surface area contributed by atoms with Gasteiger partial charge in [0.1, 0.15) is 0 Å². The summed E-state index contributed by atoms with van der Waals surface area (Å²) in [5.41, 5.74) is 0. The molecule has 2 fully saturated rings. The molecule has 0 bridgehead atoms. The van der Waals surface area contributed by atoms with Gasteiger partial charge in [0.25, 0.3) is 0 Å². The molecule has 0 aromatic carbocycles. The molecule has 3 nitrogen and oxygen atoms in total. The van der Waals surface area contributed by atoms with Crippen LogP contribution < -0.4 is 0 Å². The van der Waals surface area contributed by atoms with Crippen LogP contribution in [0.25, 0.3) is 0 Å². The van der Waals surface area contributed by atoms with Crippen LogP contribution in [0.4, 0.5) is 0 Å². The SMILES string of the molecule is CC1CCCN(CC(O)COC2CCCCC2)C1. The van der Waals surface area contributed by atoms with Crippen molar-refractivity contribution in [2.75, 3.05) is 26.2 Å². The molecule has 0 spiro atoms. The summed E-state index contributed by atoms with van der Waals surface area (Å²) in [6.07, 6.45) is 9.04. The number of aliphatic hydroxyl groups excluding tert-OH is 1. The fraction of sp³-hybridized carbons (Fsp3) is 1.00. The molecule has 1 aliphatic carbocycles. The van der Waals surface area contributed by atoms with E-state index in [1.165, 1.54) is 44.9 Å². The van der Waals surface area contributed by atoms with E-state index in [1.54, 1.807) is 0 Å². The first-order valence-corrected chi connectivity index (χ1v) is 7.76. The molecule has 1 aliphatic heterocycles. The molecule has 0 amide bonds. The molecule has 1 N–H and O–H groups in total. The molecule has 3 heteroatoms. The molecule has 1 heterocycles. The van der Waals surface area contributed by atoms with Gasteiger partial charge in [-0.25, -0.2) is 0 Å². The van der Waals surface area contributed by atoms with Gasteiger partial charge in [-0.3, -0.25) is 0 Å². The van der Waals surface area contributed by atoms with E-state index in [9.17, 15) is 5.11 Å². The van der Waals surface area contributed by atoms with E-state index < -0.39 is 0 Å². The first kappa shape index (κ1) is 14.3. The van der Waals surface area contributed by atoms with Gasteiger partial charge in [-0.2, -0.15) is 0 Å². The Kier molecular flexibility index (Phi) is 5.93. The summed E-state index contributed by atoms with van der Waals surface area (Å²) in [6, 6.07) is 0. The highest BCUT2D eigenvalue weighted by atomic mass is 16.5. The lowest BCUT2D eigenvalue weighted by molar-refractivity contribution is -0.0361. The van der Waals surface area contributed by atoms with Gasteiger partial charge < -0.3 is 14.7 Å². The summed E-state index contributed by atoms with van der Waals surface area (Å²) in [5.74, 6) is 0.783. The van der Waals surface area contributed by atoms with E-state index in [-0.39, 0.29) is 6.10 Å². The Balaban J connectivity index is 1.60. The number of hydrogen-bond acceptors (Lipinski definition) is 3. The first-order chi connectivity index (χ1) is 8.74. The Bertz CT molecular complexity index is 229. The number of aliphatic hydroxyl groups is 1. The van der Waals surface area contributed by atoms with Crippen LogP contribution in [0.2, 0.25) is 0 Å². The maximum absolute atomic E-state index is 10.1. The first-order valence-electron chi connectivity index (χ1n) is 7.76. The number of nitrogens with zero attached hydrogens (tertiary/aromatic N) is 1. The average Bonchev–Trinajstić information content (AvgIpc) is 2.38. The molecule has 0 aromatic rings. The van der Waals surface area contributed by atoms with Crippen molar-refractivity contribution in [2.24, 2.45) is 5.92 Å². The third-order valence-electron chi connectivity index (χ3n) is 4.29. The zero-order valence-electron chi connectivity index (χ0n) is 11.8. The van der Waals surface area contributed by atoms with Crippen molar-refractivity contribution in [1.82, 2.24) is 4.90 Å². The molecular formula is C15H29NO2. The van der Waals surface area contributed by atoms with Crippen molar-refractivity contribution < 1.29 is 9.84 Å². The fourth-order valence-corrected chi connectivity index (χ4v) is 3.28. The molecule has 0 aromatic heterocycles. The Morgan fingerprint density at radius 3 is 2.67 bits per heavy atom. The van der Waals surface area contributed by atoms with Crippen molar-refractivity contribution >= 4 is 0 Å². The zero-order chi connectivity index (χ0) is 12.8. The number of ether oxygens (including phenoxy) is 1. The van der Waals surface area contributed by atoms with E-state index in [2.05, 4.69) is 11.8 Å². The lowest BCUT2D eigenvalue weighted by Crippen LogP contribution is -2.41. The van der Waals surface area contributed by atoms with Gasteiger partial charge in [0.15, 0.2) is 0 Å².